The highest BCUT2D eigenvalue weighted by molar-refractivity contribution is 6.04. The Labute approximate surface area is 210 Å². The maximum atomic E-state index is 13.4. The number of aromatic nitrogens is 2. The van der Waals surface area contributed by atoms with E-state index >= 15 is 0 Å². The third kappa shape index (κ3) is 5.16. The van der Waals surface area contributed by atoms with Gasteiger partial charge in [0.15, 0.2) is 5.82 Å². The first-order valence-electron chi connectivity index (χ1n) is 11.6. The molecule has 194 valence electrons. The van der Waals surface area contributed by atoms with Crippen molar-refractivity contribution in [1.82, 2.24) is 9.97 Å². The van der Waals surface area contributed by atoms with Crippen LogP contribution >= 0.6 is 0 Å². The van der Waals surface area contributed by atoms with Crippen molar-refractivity contribution < 1.29 is 32.9 Å². The summed E-state index contributed by atoms with van der Waals surface area (Å²) in [6.45, 7) is 0.756. The fraction of sp³-hybridized carbons (Fsp3) is 0.320. The van der Waals surface area contributed by atoms with Crippen LogP contribution in [0, 0.1) is 0 Å². The Morgan fingerprint density at radius 3 is 2.84 bits per heavy atom. The zero-order valence-corrected chi connectivity index (χ0v) is 19.5. The van der Waals surface area contributed by atoms with Gasteiger partial charge in [0.25, 0.3) is 0 Å². The highest BCUT2D eigenvalue weighted by Gasteiger charge is 2.40. The molecule has 2 aromatic heterocycles. The lowest BCUT2D eigenvalue weighted by molar-refractivity contribution is -0.137. The number of fused-ring (bicyclic) bond motifs is 4. The molecule has 3 aromatic rings. The number of nitrogens with zero attached hydrogens (tertiary/aromatic N) is 4. The average molecular weight is 515 g/mol. The van der Waals surface area contributed by atoms with E-state index in [0.29, 0.717) is 35.8 Å². The molecule has 2 atom stereocenters. The monoisotopic (exact) mass is 515 g/mol. The van der Waals surface area contributed by atoms with E-state index in [1.165, 1.54) is 23.2 Å². The molecule has 2 bridgehead atoms. The van der Waals surface area contributed by atoms with Gasteiger partial charge in [-0.15, -0.1) is 0 Å². The van der Waals surface area contributed by atoms with Crippen LogP contribution in [0.3, 0.4) is 0 Å². The zero-order chi connectivity index (χ0) is 26.2. The van der Waals surface area contributed by atoms with Gasteiger partial charge < -0.3 is 19.8 Å². The lowest BCUT2D eigenvalue weighted by atomic mass is 10.1. The summed E-state index contributed by atoms with van der Waals surface area (Å²) in [5, 5.41) is 21.2. The first-order valence-corrected chi connectivity index (χ1v) is 11.6. The summed E-state index contributed by atoms with van der Waals surface area (Å²) in [4.78, 5) is 25.8. The largest absolute Gasteiger partial charge is 0.491 e. The molecule has 4 heterocycles. The second kappa shape index (κ2) is 9.87. The number of halogens is 3. The van der Waals surface area contributed by atoms with Gasteiger partial charge in [-0.05, 0) is 36.8 Å². The molecule has 1 saturated heterocycles. The summed E-state index contributed by atoms with van der Waals surface area (Å²) >= 11 is 0. The number of aliphatic hydroxyl groups is 2. The number of carbonyl (C=O) groups is 1. The van der Waals surface area contributed by atoms with Crippen molar-refractivity contribution in [1.29, 1.82) is 0 Å². The number of hydrogen-bond acceptors (Lipinski definition) is 7. The van der Waals surface area contributed by atoms with Crippen LogP contribution < -0.4 is 19.9 Å². The van der Waals surface area contributed by atoms with Crippen molar-refractivity contribution in [2.45, 2.75) is 24.7 Å². The fourth-order valence-electron chi connectivity index (χ4n) is 4.47. The molecule has 2 aliphatic rings. The Kier molecular flexibility index (Phi) is 6.61. The summed E-state index contributed by atoms with van der Waals surface area (Å²) in [6.07, 6.45) is -3.39. The molecule has 1 fully saturated rings. The van der Waals surface area contributed by atoms with E-state index in [-0.39, 0.29) is 18.5 Å². The van der Waals surface area contributed by atoms with Gasteiger partial charge in [0.1, 0.15) is 24.3 Å². The van der Waals surface area contributed by atoms with Crippen LogP contribution in [-0.2, 0) is 6.18 Å². The molecule has 2 amide bonds. The first kappa shape index (κ1) is 24.8. The molecule has 9 nitrogen and oxygen atoms in total. The van der Waals surface area contributed by atoms with Crippen LogP contribution in [0.5, 0.6) is 5.75 Å². The van der Waals surface area contributed by atoms with Crippen molar-refractivity contribution >= 4 is 23.4 Å². The molecule has 2 aliphatic heterocycles. The smallest absolute Gasteiger partial charge is 0.416 e. The predicted octanol–water partition coefficient (Wildman–Crippen LogP) is 3.53. The molecular weight excluding hydrogens is 491 g/mol. The van der Waals surface area contributed by atoms with Gasteiger partial charge in [0.05, 0.1) is 29.6 Å². The number of anilines is 3. The van der Waals surface area contributed by atoms with Crippen molar-refractivity contribution in [2.75, 3.05) is 41.4 Å². The van der Waals surface area contributed by atoms with Crippen LogP contribution in [0.2, 0.25) is 0 Å². The molecule has 37 heavy (non-hydrogen) atoms. The SMILES string of the molecule is O=C(Nc1cc(OC[C@H](O)CO)ccn1)N1c2nc(-c3cccc(C(F)(F)F)c3)ccc2N2CCC1C2. The number of hydrogen-bond donors (Lipinski definition) is 3. The Hall–Kier alpha value is -3.90. The number of alkyl halides is 3. The fourth-order valence-corrected chi connectivity index (χ4v) is 4.47. The van der Waals surface area contributed by atoms with E-state index in [0.717, 1.165) is 24.4 Å². The number of aliphatic hydroxyl groups excluding tert-OH is 2. The van der Waals surface area contributed by atoms with E-state index < -0.39 is 30.5 Å². The Morgan fingerprint density at radius 2 is 2.05 bits per heavy atom. The quantitative estimate of drug-likeness (QED) is 0.461. The lowest BCUT2D eigenvalue weighted by Gasteiger charge is -2.35. The van der Waals surface area contributed by atoms with Crippen molar-refractivity contribution in [3.05, 3.63) is 60.3 Å². The number of pyridine rings is 2. The highest BCUT2D eigenvalue weighted by atomic mass is 19.4. The van der Waals surface area contributed by atoms with E-state index in [9.17, 15) is 23.1 Å². The minimum absolute atomic E-state index is 0.131. The number of ether oxygens (including phenoxy) is 1. The molecule has 1 unspecified atom stereocenters. The van der Waals surface area contributed by atoms with Gasteiger partial charge in [-0.1, -0.05) is 12.1 Å². The highest BCUT2D eigenvalue weighted by Crippen LogP contribution is 2.41. The Balaban J connectivity index is 1.42. The summed E-state index contributed by atoms with van der Waals surface area (Å²) in [6, 6.07) is 10.7. The van der Waals surface area contributed by atoms with Crippen LogP contribution in [0.25, 0.3) is 11.3 Å². The molecule has 5 rings (SSSR count). The summed E-state index contributed by atoms with van der Waals surface area (Å²) in [5.74, 6) is 0.908. The molecule has 0 radical (unpaired) electrons. The predicted molar refractivity (Wildman–Crippen MR) is 130 cm³/mol. The number of urea groups is 1. The summed E-state index contributed by atoms with van der Waals surface area (Å²) in [7, 11) is 0. The molecular formula is C25H24F3N5O4. The number of carbonyl (C=O) groups excluding carboxylic acids is 1. The number of benzene rings is 1. The van der Waals surface area contributed by atoms with Crippen LogP contribution in [-0.4, -0.2) is 64.7 Å². The van der Waals surface area contributed by atoms with Crippen LogP contribution in [0.1, 0.15) is 12.0 Å². The molecule has 0 aliphatic carbocycles. The molecule has 1 aromatic carbocycles. The van der Waals surface area contributed by atoms with Gasteiger partial charge in [-0.3, -0.25) is 10.2 Å². The van der Waals surface area contributed by atoms with E-state index in [4.69, 9.17) is 9.84 Å². The topological polar surface area (TPSA) is 111 Å². The zero-order valence-electron chi connectivity index (χ0n) is 19.5. The van der Waals surface area contributed by atoms with E-state index in [1.807, 2.05) is 0 Å². The van der Waals surface area contributed by atoms with Crippen LogP contribution in [0.15, 0.2) is 54.7 Å². The molecule has 0 spiro atoms. The second-order valence-electron chi connectivity index (χ2n) is 8.83. The minimum Gasteiger partial charge on any atom is -0.491 e. The summed E-state index contributed by atoms with van der Waals surface area (Å²) in [5.41, 5.74) is 0.564. The van der Waals surface area contributed by atoms with Crippen molar-refractivity contribution in [3.8, 4) is 17.0 Å². The van der Waals surface area contributed by atoms with Gasteiger partial charge in [0.2, 0.25) is 0 Å². The molecule has 3 N–H and O–H groups in total. The molecule has 0 saturated carbocycles. The van der Waals surface area contributed by atoms with Gasteiger partial charge in [-0.25, -0.2) is 14.8 Å². The van der Waals surface area contributed by atoms with Gasteiger partial charge in [0, 0.05) is 30.9 Å². The van der Waals surface area contributed by atoms with Crippen LogP contribution in [0.4, 0.5) is 35.3 Å². The number of rotatable bonds is 6. The minimum atomic E-state index is -4.48. The first-order chi connectivity index (χ1) is 17.7. The average Bonchev–Trinajstić information content (AvgIpc) is 3.31. The summed E-state index contributed by atoms with van der Waals surface area (Å²) < 4.78 is 45.2. The normalized spacial score (nSPS) is 17.4. The maximum absolute atomic E-state index is 13.4. The number of nitrogens with one attached hydrogen (secondary N) is 1. The Bertz CT molecular complexity index is 1310. The number of amides is 2. The third-order valence-corrected chi connectivity index (χ3v) is 6.28. The third-order valence-electron chi connectivity index (χ3n) is 6.28. The molecule has 12 heteroatoms. The van der Waals surface area contributed by atoms with Gasteiger partial charge in [-0.2, -0.15) is 13.2 Å². The van der Waals surface area contributed by atoms with Gasteiger partial charge >= 0.3 is 12.2 Å². The Morgan fingerprint density at radius 1 is 1.22 bits per heavy atom. The van der Waals surface area contributed by atoms with Crippen molar-refractivity contribution in [2.24, 2.45) is 0 Å². The second-order valence-corrected chi connectivity index (χ2v) is 8.83. The maximum Gasteiger partial charge on any atom is 0.416 e. The standard InChI is InChI=1S/C25H24F3N5O4/c26-25(27,28)16-3-1-2-15(10-16)20-4-5-21-23(30-20)33(17-7-9-32(21)12-17)24(36)31-22-11-19(6-8-29-22)37-14-18(35)13-34/h1-6,8,10-11,17-18,34-35H,7,9,12-14H2,(H,29,31,36)/t17?,18-/m1/s1. The van der Waals surface area contributed by atoms with E-state index in [1.54, 1.807) is 24.3 Å². The lowest BCUT2D eigenvalue weighted by Crippen LogP contribution is -2.48. The van der Waals surface area contributed by atoms with Crippen molar-refractivity contribution in [3.63, 3.8) is 0 Å². The van der Waals surface area contributed by atoms with E-state index in [2.05, 4.69) is 20.2 Å².